The maximum atomic E-state index is 12.7. The summed E-state index contributed by atoms with van der Waals surface area (Å²) in [6.07, 6.45) is 6.25. The van der Waals surface area contributed by atoms with Crippen LogP contribution in [0.1, 0.15) is 52.6 Å². The van der Waals surface area contributed by atoms with Gasteiger partial charge in [0, 0.05) is 12.4 Å². The molecule has 1 aromatic heterocycles. The van der Waals surface area contributed by atoms with Gasteiger partial charge in [-0.3, -0.25) is 9.78 Å². The number of nitrogens with zero attached hydrogens (tertiary/aromatic N) is 1. The fourth-order valence-corrected chi connectivity index (χ4v) is 2.76. The molecule has 0 spiro atoms. The molecule has 0 unspecified atom stereocenters. The van der Waals surface area contributed by atoms with Gasteiger partial charge in [0.15, 0.2) is 5.78 Å². The van der Waals surface area contributed by atoms with E-state index in [4.69, 9.17) is 4.74 Å². The summed E-state index contributed by atoms with van der Waals surface area (Å²) in [5.74, 6) is -0.571. The van der Waals surface area contributed by atoms with Crippen LogP contribution in [-0.2, 0) is 5.41 Å². The zero-order valence-corrected chi connectivity index (χ0v) is 16.8. The summed E-state index contributed by atoms with van der Waals surface area (Å²) in [7, 11) is 0. The molecule has 0 fully saturated rings. The van der Waals surface area contributed by atoms with E-state index in [1.165, 1.54) is 17.8 Å². The highest BCUT2D eigenvalue weighted by molar-refractivity contribution is 6.09. The zero-order valence-electron chi connectivity index (χ0n) is 16.8. The van der Waals surface area contributed by atoms with Crippen LogP contribution < -0.4 is 4.74 Å². The minimum atomic E-state index is -0.555. The van der Waals surface area contributed by atoms with Crippen molar-refractivity contribution < 1.29 is 14.3 Å². The van der Waals surface area contributed by atoms with E-state index >= 15 is 0 Å². The minimum absolute atomic E-state index is 0.0785. The topological polar surface area (TPSA) is 56.3 Å². The Hall–Kier alpha value is -3.53. The van der Waals surface area contributed by atoms with Gasteiger partial charge in [0.25, 0.3) is 0 Å². The van der Waals surface area contributed by atoms with Gasteiger partial charge in [-0.05, 0) is 46.9 Å². The molecule has 1 heterocycles. The molecular weight excluding hydrogens is 362 g/mol. The van der Waals surface area contributed by atoms with Crippen molar-refractivity contribution >= 4 is 17.8 Å². The molecule has 0 saturated heterocycles. The van der Waals surface area contributed by atoms with Gasteiger partial charge >= 0.3 is 5.97 Å². The molecule has 146 valence electrons. The molecular formula is C25H23NO3. The Morgan fingerprint density at radius 1 is 0.931 bits per heavy atom. The molecule has 0 radical (unpaired) electrons. The maximum absolute atomic E-state index is 12.7. The van der Waals surface area contributed by atoms with Crippen molar-refractivity contribution in [2.45, 2.75) is 26.2 Å². The Kier molecular flexibility index (Phi) is 6.03. The van der Waals surface area contributed by atoms with Crippen LogP contribution in [0.2, 0.25) is 0 Å². The number of ketones is 1. The highest BCUT2D eigenvalue weighted by Gasteiger charge is 2.15. The molecule has 29 heavy (non-hydrogen) atoms. The molecule has 4 nitrogen and oxygen atoms in total. The lowest BCUT2D eigenvalue weighted by Gasteiger charge is -2.18. The lowest BCUT2D eigenvalue weighted by molar-refractivity contribution is 0.0732. The van der Waals surface area contributed by atoms with Crippen LogP contribution in [0.25, 0.3) is 6.08 Å². The molecule has 0 N–H and O–H groups in total. The smallest absolute Gasteiger partial charge is 0.345 e. The summed E-state index contributed by atoms with van der Waals surface area (Å²) >= 11 is 0. The first-order valence-electron chi connectivity index (χ1n) is 9.39. The van der Waals surface area contributed by atoms with Crippen molar-refractivity contribution in [1.82, 2.24) is 4.98 Å². The van der Waals surface area contributed by atoms with E-state index in [1.54, 1.807) is 48.7 Å². The highest BCUT2D eigenvalue weighted by atomic mass is 16.5. The Morgan fingerprint density at radius 2 is 1.66 bits per heavy atom. The second kappa shape index (κ2) is 8.65. The predicted octanol–water partition coefficient (Wildman–Crippen LogP) is 5.49. The van der Waals surface area contributed by atoms with E-state index in [-0.39, 0.29) is 16.9 Å². The molecule has 0 aliphatic carbocycles. The average molecular weight is 385 g/mol. The largest absolute Gasteiger partial charge is 0.422 e. The first-order chi connectivity index (χ1) is 13.8. The normalized spacial score (nSPS) is 11.4. The Labute approximate surface area is 170 Å². The van der Waals surface area contributed by atoms with Crippen molar-refractivity contribution in [3.05, 3.63) is 101 Å². The molecule has 0 bridgehead atoms. The van der Waals surface area contributed by atoms with Gasteiger partial charge in [0.2, 0.25) is 0 Å². The van der Waals surface area contributed by atoms with Crippen molar-refractivity contribution in [3.63, 3.8) is 0 Å². The number of ether oxygens (including phenoxy) is 1. The first-order valence-corrected chi connectivity index (χ1v) is 9.39. The lowest BCUT2D eigenvalue weighted by Crippen LogP contribution is -2.11. The predicted molar refractivity (Wildman–Crippen MR) is 114 cm³/mol. The van der Waals surface area contributed by atoms with Crippen LogP contribution in [-0.4, -0.2) is 16.7 Å². The summed E-state index contributed by atoms with van der Waals surface area (Å²) in [6.45, 7) is 6.47. The molecule has 0 atom stereocenters. The number of benzene rings is 2. The number of rotatable bonds is 5. The SMILES string of the molecule is CC(C)(C)c1ccc(/C=C/C(=O)c2ccccc2OC(=O)c2cccnc2)cc1. The van der Waals surface area contributed by atoms with Crippen LogP contribution in [0.3, 0.4) is 0 Å². The monoisotopic (exact) mass is 385 g/mol. The first kappa shape index (κ1) is 20.2. The third-order valence-corrected chi connectivity index (χ3v) is 4.46. The molecule has 0 amide bonds. The number of hydrogen-bond acceptors (Lipinski definition) is 4. The molecule has 4 heteroatoms. The number of aromatic nitrogens is 1. The van der Waals surface area contributed by atoms with Gasteiger partial charge in [0.1, 0.15) is 5.75 Å². The number of pyridine rings is 1. The molecule has 0 saturated carbocycles. The highest BCUT2D eigenvalue weighted by Crippen LogP contribution is 2.23. The number of allylic oxidation sites excluding steroid dienone is 1. The number of carbonyl (C=O) groups excluding carboxylic acids is 2. The Balaban J connectivity index is 1.76. The average Bonchev–Trinajstić information content (AvgIpc) is 2.72. The zero-order chi connectivity index (χ0) is 20.9. The minimum Gasteiger partial charge on any atom is -0.422 e. The second-order valence-electron chi connectivity index (χ2n) is 7.70. The van der Waals surface area contributed by atoms with Gasteiger partial charge in [-0.25, -0.2) is 4.79 Å². The molecule has 3 rings (SSSR count). The van der Waals surface area contributed by atoms with Gasteiger partial charge < -0.3 is 4.74 Å². The number of esters is 1. The summed E-state index contributed by atoms with van der Waals surface area (Å²) in [5.41, 5.74) is 2.89. The summed E-state index contributed by atoms with van der Waals surface area (Å²) < 4.78 is 5.42. The Morgan fingerprint density at radius 3 is 2.31 bits per heavy atom. The molecule has 0 aliphatic rings. The standard InChI is InChI=1S/C25H23NO3/c1-25(2,3)20-13-10-18(11-14-20)12-15-22(27)21-8-4-5-9-23(21)29-24(28)19-7-6-16-26-17-19/h4-17H,1-3H3/b15-12+. The fraction of sp³-hybridized carbons (Fsp3) is 0.160. The van der Waals surface area contributed by atoms with E-state index in [0.29, 0.717) is 11.1 Å². The van der Waals surface area contributed by atoms with Crippen LogP contribution in [0.15, 0.2) is 79.1 Å². The number of para-hydroxylation sites is 1. The van der Waals surface area contributed by atoms with Crippen LogP contribution in [0.5, 0.6) is 5.75 Å². The van der Waals surface area contributed by atoms with Crippen molar-refractivity contribution in [1.29, 1.82) is 0 Å². The summed E-state index contributed by atoms with van der Waals surface area (Å²) in [6, 6.07) is 18.1. The third kappa shape index (κ3) is 5.26. The molecule has 2 aromatic carbocycles. The lowest BCUT2D eigenvalue weighted by atomic mass is 9.87. The van der Waals surface area contributed by atoms with Crippen LogP contribution >= 0.6 is 0 Å². The van der Waals surface area contributed by atoms with E-state index in [2.05, 4.69) is 37.9 Å². The summed E-state index contributed by atoms with van der Waals surface area (Å²) in [5, 5.41) is 0. The van der Waals surface area contributed by atoms with Gasteiger partial charge in [-0.1, -0.05) is 63.2 Å². The second-order valence-corrected chi connectivity index (χ2v) is 7.70. The van der Waals surface area contributed by atoms with Crippen LogP contribution in [0, 0.1) is 0 Å². The summed E-state index contributed by atoms with van der Waals surface area (Å²) in [4.78, 5) is 28.9. The van der Waals surface area contributed by atoms with Crippen LogP contribution in [0.4, 0.5) is 0 Å². The van der Waals surface area contributed by atoms with Gasteiger partial charge in [0.05, 0.1) is 11.1 Å². The Bertz CT molecular complexity index is 1030. The maximum Gasteiger partial charge on any atom is 0.345 e. The quantitative estimate of drug-likeness (QED) is 0.252. The van der Waals surface area contributed by atoms with E-state index in [1.807, 2.05) is 12.1 Å². The fourth-order valence-electron chi connectivity index (χ4n) is 2.76. The number of carbonyl (C=O) groups is 2. The number of hydrogen-bond donors (Lipinski definition) is 0. The van der Waals surface area contributed by atoms with Gasteiger partial charge in [-0.2, -0.15) is 0 Å². The van der Waals surface area contributed by atoms with Crippen molar-refractivity contribution in [2.75, 3.05) is 0 Å². The molecule has 0 aliphatic heterocycles. The third-order valence-electron chi connectivity index (χ3n) is 4.46. The molecule has 3 aromatic rings. The van der Waals surface area contributed by atoms with Gasteiger partial charge in [-0.15, -0.1) is 0 Å². The van der Waals surface area contributed by atoms with E-state index in [9.17, 15) is 9.59 Å². The van der Waals surface area contributed by atoms with Crippen molar-refractivity contribution in [3.8, 4) is 5.75 Å². The van der Waals surface area contributed by atoms with E-state index < -0.39 is 5.97 Å². The van der Waals surface area contributed by atoms with E-state index in [0.717, 1.165) is 5.56 Å². The van der Waals surface area contributed by atoms with Crippen molar-refractivity contribution in [2.24, 2.45) is 0 Å².